The monoisotopic (exact) mass is 862 g/mol. The van der Waals surface area contributed by atoms with E-state index in [4.69, 9.17) is 33.4 Å². The van der Waals surface area contributed by atoms with Gasteiger partial charge in [0.15, 0.2) is 34.4 Å². The molecule has 2 heterocycles. The van der Waals surface area contributed by atoms with Crippen LogP contribution in [0.25, 0.3) is 16.8 Å². The number of halogens is 1. The van der Waals surface area contributed by atoms with E-state index in [0.717, 1.165) is 25.5 Å². The zero-order chi connectivity index (χ0) is 38.4. The van der Waals surface area contributed by atoms with Crippen molar-refractivity contribution in [3.8, 4) is 23.0 Å². The van der Waals surface area contributed by atoms with Gasteiger partial charge in [-0.1, -0.05) is 53.8 Å². The van der Waals surface area contributed by atoms with Gasteiger partial charge in [0, 0.05) is 0 Å². The van der Waals surface area contributed by atoms with Crippen LogP contribution in [0.1, 0.15) is 50.4 Å². The molecule has 0 radical (unpaired) electrons. The Balaban J connectivity index is 1.40. The Hall–Kier alpha value is -5.15. The number of allylic oxidation sites excluding steroid dienone is 1. The number of fused-ring (bicyclic) bond motifs is 2. The lowest BCUT2D eigenvalue weighted by Crippen LogP contribution is -2.40. The Labute approximate surface area is 329 Å². The van der Waals surface area contributed by atoms with E-state index in [1.54, 1.807) is 38.1 Å². The molecule has 0 fully saturated rings. The van der Waals surface area contributed by atoms with Gasteiger partial charge in [0.05, 0.1) is 52.3 Å². The number of benzene rings is 4. The predicted octanol–water partition coefficient (Wildman–Crippen LogP) is 6.48. The average Bonchev–Trinajstić information content (AvgIpc) is 3.46. The van der Waals surface area contributed by atoms with Gasteiger partial charge < -0.3 is 28.4 Å². The van der Waals surface area contributed by atoms with Gasteiger partial charge in [0.25, 0.3) is 5.56 Å². The van der Waals surface area contributed by atoms with E-state index in [-0.39, 0.29) is 24.3 Å². The van der Waals surface area contributed by atoms with Gasteiger partial charge >= 0.3 is 11.9 Å². The van der Waals surface area contributed by atoms with Crippen LogP contribution >= 0.6 is 33.9 Å². The lowest BCUT2D eigenvalue weighted by molar-refractivity contribution is -0.143. The molecule has 1 aliphatic heterocycles. The molecule has 1 aliphatic rings. The summed E-state index contributed by atoms with van der Waals surface area (Å²) in [6.07, 6.45) is 1.79. The average molecular weight is 863 g/mol. The van der Waals surface area contributed by atoms with Crippen LogP contribution in [0, 0.1) is 3.57 Å². The SMILES string of the molecule is CCOC(=O)C1=C(C)N=c2s/c(=C\c3cc(I)c(OCc4ccc5ccccc5c4)c(OCC)c3)c(=O)n2[C@@H]1c1ccc(OCC(=O)OC)c(OCC)c1. The van der Waals surface area contributed by atoms with Crippen LogP contribution in [-0.4, -0.2) is 50.0 Å². The number of hydrogen-bond acceptors (Lipinski definition) is 11. The lowest BCUT2D eigenvalue weighted by Gasteiger charge is -2.25. The molecule has 0 saturated heterocycles. The first-order valence-corrected chi connectivity index (χ1v) is 19.3. The van der Waals surface area contributed by atoms with E-state index in [0.29, 0.717) is 63.4 Å². The summed E-state index contributed by atoms with van der Waals surface area (Å²) in [4.78, 5) is 44.8. The van der Waals surface area contributed by atoms with E-state index in [1.165, 1.54) is 23.0 Å². The summed E-state index contributed by atoms with van der Waals surface area (Å²) in [5.41, 5.74) is 2.64. The third-order valence-corrected chi connectivity index (χ3v) is 10.3. The molecule has 0 aliphatic carbocycles. The number of nitrogens with zero attached hydrogens (tertiary/aromatic N) is 2. The first-order chi connectivity index (χ1) is 26.1. The number of thiazole rings is 1. The molecule has 54 heavy (non-hydrogen) atoms. The molecule has 5 aromatic rings. The van der Waals surface area contributed by atoms with E-state index < -0.39 is 18.0 Å². The van der Waals surface area contributed by atoms with Gasteiger partial charge in [-0.3, -0.25) is 9.36 Å². The molecule has 0 unspecified atom stereocenters. The summed E-state index contributed by atoms with van der Waals surface area (Å²) in [5.74, 6) is 0.671. The first-order valence-electron chi connectivity index (χ1n) is 17.4. The molecule has 280 valence electrons. The molecule has 11 nitrogen and oxygen atoms in total. The van der Waals surface area contributed by atoms with Crippen molar-refractivity contribution in [2.45, 2.75) is 40.3 Å². The molecule has 13 heteroatoms. The smallest absolute Gasteiger partial charge is 0.343 e. The Morgan fingerprint density at radius 2 is 1.63 bits per heavy atom. The highest BCUT2D eigenvalue weighted by molar-refractivity contribution is 14.1. The van der Waals surface area contributed by atoms with Crippen LogP contribution in [0.15, 0.2) is 93.9 Å². The molecule has 0 spiro atoms. The summed E-state index contributed by atoms with van der Waals surface area (Å²) in [6.45, 7) is 8.05. The van der Waals surface area contributed by atoms with Gasteiger partial charge in [-0.15, -0.1) is 0 Å². The van der Waals surface area contributed by atoms with Crippen molar-refractivity contribution in [1.82, 2.24) is 4.57 Å². The van der Waals surface area contributed by atoms with Crippen molar-refractivity contribution < 1.29 is 38.0 Å². The lowest BCUT2D eigenvalue weighted by atomic mass is 9.95. The largest absolute Gasteiger partial charge is 0.490 e. The molecular formula is C41H39IN2O9S. The number of carbonyl (C=O) groups excluding carboxylic acids is 2. The van der Waals surface area contributed by atoms with Gasteiger partial charge in [-0.05, 0) is 114 Å². The summed E-state index contributed by atoms with van der Waals surface area (Å²) in [5, 5.41) is 2.30. The number of aromatic nitrogens is 1. The number of esters is 2. The summed E-state index contributed by atoms with van der Waals surface area (Å²) < 4.78 is 36.8. The number of rotatable bonds is 14. The van der Waals surface area contributed by atoms with Crippen LogP contribution in [-0.2, 0) is 25.7 Å². The second-order valence-corrected chi connectivity index (χ2v) is 14.2. The van der Waals surface area contributed by atoms with Crippen molar-refractivity contribution >= 4 is 62.7 Å². The zero-order valence-corrected chi connectivity index (χ0v) is 33.4. The molecule has 0 saturated carbocycles. The minimum atomic E-state index is -0.888. The molecule has 6 rings (SSSR count). The first kappa shape index (κ1) is 38.6. The standard InChI is InChI=1S/C41H39IN2O9S/c1-6-49-32-21-29(15-16-31(32)52-23-35(45)48-5)37-36(40(47)51-8-3)24(4)43-41-44(37)39(46)34(54-41)20-26-18-30(42)38(33(19-26)50-7-2)53-22-25-13-14-27-11-9-10-12-28(27)17-25/h9-21,37H,6-8,22-23H2,1-5H3/b34-20-/t37-/m1/s1. The fourth-order valence-corrected chi connectivity index (χ4v) is 7.92. The number of hydrogen-bond donors (Lipinski definition) is 0. The van der Waals surface area contributed by atoms with E-state index in [2.05, 4.69) is 52.9 Å². The van der Waals surface area contributed by atoms with Crippen LogP contribution in [0.5, 0.6) is 23.0 Å². The fraction of sp³-hybridized carbons (Fsp3) is 0.268. The number of carbonyl (C=O) groups is 2. The zero-order valence-electron chi connectivity index (χ0n) is 30.5. The molecule has 0 N–H and O–H groups in total. The number of methoxy groups -OCH3 is 1. The van der Waals surface area contributed by atoms with Crippen LogP contribution in [0.3, 0.4) is 0 Å². The summed E-state index contributed by atoms with van der Waals surface area (Å²) in [7, 11) is 1.27. The molecule has 0 amide bonds. The third-order valence-electron chi connectivity index (χ3n) is 8.50. The molecule has 4 aromatic carbocycles. The van der Waals surface area contributed by atoms with E-state index in [9.17, 15) is 14.4 Å². The van der Waals surface area contributed by atoms with Crippen LogP contribution in [0.4, 0.5) is 0 Å². The summed E-state index contributed by atoms with van der Waals surface area (Å²) >= 11 is 3.44. The topological polar surface area (TPSA) is 124 Å². The summed E-state index contributed by atoms with van der Waals surface area (Å²) in [6, 6.07) is 22.4. The van der Waals surface area contributed by atoms with Crippen molar-refractivity contribution in [1.29, 1.82) is 0 Å². The normalized spacial score (nSPS) is 14.0. The quantitative estimate of drug-likeness (QED) is 0.0912. The van der Waals surface area contributed by atoms with Crippen molar-refractivity contribution in [3.05, 3.63) is 124 Å². The molecule has 1 atom stereocenters. The second kappa shape index (κ2) is 17.3. The van der Waals surface area contributed by atoms with Crippen molar-refractivity contribution in [3.63, 3.8) is 0 Å². The third kappa shape index (κ3) is 8.31. The number of ether oxygens (including phenoxy) is 6. The maximum Gasteiger partial charge on any atom is 0.343 e. The van der Waals surface area contributed by atoms with E-state index >= 15 is 0 Å². The van der Waals surface area contributed by atoms with E-state index in [1.807, 2.05) is 38.1 Å². The second-order valence-electron chi connectivity index (χ2n) is 12.0. The Bertz CT molecular complexity index is 2440. The Morgan fingerprint density at radius 3 is 2.37 bits per heavy atom. The Morgan fingerprint density at radius 1 is 0.870 bits per heavy atom. The van der Waals surface area contributed by atoms with Gasteiger partial charge in [-0.2, -0.15) is 0 Å². The van der Waals surface area contributed by atoms with Crippen molar-refractivity contribution in [2.24, 2.45) is 4.99 Å². The predicted molar refractivity (Wildman–Crippen MR) is 214 cm³/mol. The Kier molecular flexibility index (Phi) is 12.4. The molecular weight excluding hydrogens is 823 g/mol. The van der Waals surface area contributed by atoms with Gasteiger partial charge in [-0.25, -0.2) is 14.6 Å². The van der Waals surface area contributed by atoms with Gasteiger partial charge in [0.1, 0.15) is 6.61 Å². The maximum atomic E-state index is 14.4. The van der Waals surface area contributed by atoms with Gasteiger partial charge in [0.2, 0.25) is 0 Å². The molecule has 1 aromatic heterocycles. The minimum Gasteiger partial charge on any atom is -0.490 e. The van der Waals surface area contributed by atoms with Crippen LogP contribution in [0.2, 0.25) is 0 Å². The highest BCUT2D eigenvalue weighted by atomic mass is 127. The fourth-order valence-electron chi connectivity index (χ4n) is 6.09. The minimum absolute atomic E-state index is 0.139. The highest BCUT2D eigenvalue weighted by Crippen LogP contribution is 2.37. The maximum absolute atomic E-state index is 14.4. The van der Waals surface area contributed by atoms with Crippen LogP contribution < -0.4 is 33.8 Å². The highest BCUT2D eigenvalue weighted by Gasteiger charge is 2.34. The van der Waals surface area contributed by atoms with Crippen molar-refractivity contribution in [2.75, 3.05) is 33.5 Å². The molecule has 0 bridgehead atoms.